The molecule has 0 saturated carbocycles. The summed E-state index contributed by atoms with van der Waals surface area (Å²) >= 11 is 3.50. The summed E-state index contributed by atoms with van der Waals surface area (Å²) in [5.41, 5.74) is 1.45. The Labute approximate surface area is 87.7 Å². The van der Waals surface area contributed by atoms with E-state index in [9.17, 15) is 0 Å². The van der Waals surface area contributed by atoms with Crippen LogP contribution in [0.2, 0.25) is 0 Å². The number of rotatable bonds is 2. The van der Waals surface area contributed by atoms with Crippen LogP contribution in [0.4, 0.5) is 0 Å². The van der Waals surface area contributed by atoms with Crippen LogP contribution in [0.3, 0.4) is 0 Å². The molecule has 1 heterocycles. The van der Waals surface area contributed by atoms with Crippen molar-refractivity contribution in [3.8, 4) is 0 Å². The smallest absolute Gasteiger partial charge is 0.0177 e. The molecule has 0 aliphatic carbocycles. The Morgan fingerprint density at radius 1 is 1.46 bits per heavy atom. The van der Waals surface area contributed by atoms with Crippen molar-refractivity contribution in [3.63, 3.8) is 0 Å². The lowest BCUT2D eigenvalue weighted by Crippen LogP contribution is -2.10. The molecule has 0 bridgehead atoms. The van der Waals surface area contributed by atoms with Gasteiger partial charge in [-0.1, -0.05) is 28.1 Å². The van der Waals surface area contributed by atoms with Crippen LogP contribution < -0.4 is 5.32 Å². The van der Waals surface area contributed by atoms with Crippen LogP contribution in [0.25, 0.3) is 0 Å². The van der Waals surface area contributed by atoms with Gasteiger partial charge in [-0.25, -0.2) is 0 Å². The molecule has 0 aromatic heterocycles. The maximum Gasteiger partial charge on any atom is 0.0177 e. The Bertz CT molecular complexity index is 279. The van der Waals surface area contributed by atoms with E-state index in [0.717, 1.165) is 5.92 Å². The minimum absolute atomic E-state index is 0.842. The standard InChI is InChI=1S/C11H14BrN/c12-11-3-1-2-9(7-11)6-10-4-5-13-8-10/h1-3,7,10,13H,4-6,8H2/t10-/m0/s1. The van der Waals surface area contributed by atoms with Crippen molar-refractivity contribution in [2.24, 2.45) is 5.92 Å². The summed E-state index contributed by atoms with van der Waals surface area (Å²) in [7, 11) is 0. The van der Waals surface area contributed by atoms with Crippen LogP contribution in [-0.2, 0) is 6.42 Å². The molecule has 1 aliphatic heterocycles. The number of hydrogen-bond acceptors (Lipinski definition) is 1. The summed E-state index contributed by atoms with van der Waals surface area (Å²) in [5.74, 6) is 0.842. The molecule has 0 unspecified atom stereocenters. The number of hydrogen-bond donors (Lipinski definition) is 1. The van der Waals surface area contributed by atoms with Gasteiger partial charge in [-0.05, 0) is 49.5 Å². The van der Waals surface area contributed by atoms with Gasteiger partial charge in [0.25, 0.3) is 0 Å². The average Bonchev–Trinajstić information content (AvgIpc) is 2.57. The van der Waals surface area contributed by atoms with Crippen LogP contribution in [-0.4, -0.2) is 13.1 Å². The maximum atomic E-state index is 3.50. The summed E-state index contributed by atoms with van der Waals surface area (Å²) in [6.45, 7) is 2.38. The predicted octanol–water partition coefficient (Wildman–Crippen LogP) is 2.60. The molecule has 1 aromatic carbocycles. The number of nitrogens with one attached hydrogen (secondary N) is 1. The molecular formula is C11H14BrN. The van der Waals surface area contributed by atoms with E-state index in [1.54, 1.807) is 0 Å². The zero-order chi connectivity index (χ0) is 9.10. The minimum Gasteiger partial charge on any atom is -0.316 e. The van der Waals surface area contributed by atoms with Crippen LogP contribution in [0.1, 0.15) is 12.0 Å². The van der Waals surface area contributed by atoms with Gasteiger partial charge in [-0.2, -0.15) is 0 Å². The van der Waals surface area contributed by atoms with Gasteiger partial charge in [-0.3, -0.25) is 0 Å². The van der Waals surface area contributed by atoms with Crippen molar-refractivity contribution < 1.29 is 0 Å². The Morgan fingerprint density at radius 3 is 3.08 bits per heavy atom. The van der Waals surface area contributed by atoms with Gasteiger partial charge >= 0.3 is 0 Å². The average molecular weight is 240 g/mol. The van der Waals surface area contributed by atoms with Crippen LogP contribution in [0, 0.1) is 5.92 Å². The van der Waals surface area contributed by atoms with Gasteiger partial charge in [0.1, 0.15) is 0 Å². The molecule has 1 atom stereocenters. The zero-order valence-electron chi connectivity index (χ0n) is 7.59. The second kappa shape index (κ2) is 4.25. The normalized spacial score (nSPS) is 22.1. The van der Waals surface area contributed by atoms with Gasteiger partial charge in [0.2, 0.25) is 0 Å². The first kappa shape index (κ1) is 9.22. The first-order valence-electron chi connectivity index (χ1n) is 4.80. The fraction of sp³-hybridized carbons (Fsp3) is 0.455. The molecule has 0 radical (unpaired) electrons. The Balaban J connectivity index is 2.00. The van der Waals surface area contributed by atoms with Gasteiger partial charge in [0.15, 0.2) is 0 Å². The molecule has 70 valence electrons. The second-order valence-electron chi connectivity index (χ2n) is 3.69. The summed E-state index contributed by atoms with van der Waals surface area (Å²) in [5, 5.41) is 3.40. The quantitative estimate of drug-likeness (QED) is 0.837. The first-order chi connectivity index (χ1) is 6.34. The van der Waals surface area contributed by atoms with Gasteiger partial charge in [0, 0.05) is 4.47 Å². The van der Waals surface area contributed by atoms with Crippen molar-refractivity contribution in [2.75, 3.05) is 13.1 Å². The fourth-order valence-electron chi connectivity index (χ4n) is 1.89. The van der Waals surface area contributed by atoms with Gasteiger partial charge < -0.3 is 5.32 Å². The molecule has 13 heavy (non-hydrogen) atoms. The van der Waals surface area contributed by atoms with Crippen LogP contribution in [0.15, 0.2) is 28.7 Å². The second-order valence-corrected chi connectivity index (χ2v) is 4.61. The molecule has 2 rings (SSSR count). The SMILES string of the molecule is Brc1cccc(C[C@@H]2CCNC2)c1. The molecule has 1 fully saturated rings. The van der Waals surface area contributed by atoms with Gasteiger partial charge in [0.05, 0.1) is 0 Å². The third-order valence-corrected chi connectivity index (χ3v) is 3.07. The van der Waals surface area contributed by atoms with E-state index >= 15 is 0 Å². The molecule has 1 nitrogen and oxygen atoms in total. The minimum atomic E-state index is 0.842. The lowest BCUT2D eigenvalue weighted by atomic mass is 9.99. The molecule has 1 saturated heterocycles. The lowest BCUT2D eigenvalue weighted by molar-refractivity contribution is 0.580. The maximum absolute atomic E-state index is 3.50. The van der Waals surface area contributed by atoms with E-state index in [-0.39, 0.29) is 0 Å². The van der Waals surface area contributed by atoms with E-state index in [4.69, 9.17) is 0 Å². The lowest BCUT2D eigenvalue weighted by Gasteiger charge is -2.07. The molecule has 0 spiro atoms. The Morgan fingerprint density at radius 2 is 2.38 bits per heavy atom. The monoisotopic (exact) mass is 239 g/mol. The summed E-state index contributed by atoms with van der Waals surface area (Å²) in [6.07, 6.45) is 2.54. The van der Waals surface area contributed by atoms with Gasteiger partial charge in [-0.15, -0.1) is 0 Å². The molecule has 1 N–H and O–H groups in total. The Hall–Kier alpha value is -0.340. The van der Waals surface area contributed by atoms with Crippen molar-refractivity contribution in [3.05, 3.63) is 34.3 Å². The van der Waals surface area contributed by atoms with Crippen molar-refractivity contribution in [1.29, 1.82) is 0 Å². The number of halogens is 1. The largest absolute Gasteiger partial charge is 0.316 e. The number of benzene rings is 1. The summed E-state index contributed by atoms with van der Waals surface area (Å²) in [6, 6.07) is 8.62. The fourth-order valence-corrected chi connectivity index (χ4v) is 2.33. The van der Waals surface area contributed by atoms with Crippen molar-refractivity contribution in [2.45, 2.75) is 12.8 Å². The molecular weight excluding hydrogens is 226 g/mol. The highest BCUT2D eigenvalue weighted by Gasteiger charge is 2.14. The van der Waals surface area contributed by atoms with Crippen molar-refractivity contribution in [1.82, 2.24) is 5.32 Å². The third-order valence-electron chi connectivity index (χ3n) is 2.58. The van der Waals surface area contributed by atoms with E-state index < -0.39 is 0 Å². The van der Waals surface area contributed by atoms with Crippen molar-refractivity contribution >= 4 is 15.9 Å². The Kier molecular flexibility index (Phi) is 3.01. The zero-order valence-corrected chi connectivity index (χ0v) is 9.18. The third kappa shape index (κ3) is 2.55. The highest BCUT2D eigenvalue weighted by molar-refractivity contribution is 9.10. The first-order valence-corrected chi connectivity index (χ1v) is 5.59. The van der Waals surface area contributed by atoms with E-state index in [1.807, 2.05) is 0 Å². The topological polar surface area (TPSA) is 12.0 Å². The highest BCUT2D eigenvalue weighted by atomic mass is 79.9. The molecule has 1 aliphatic rings. The molecule has 2 heteroatoms. The summed E-state index contributed by atoms with van der Waals surface area (Å²) < 4.78 is 1.19. The van der Waals surface area contributed by atoms with E-state index in [0.29, 0.717) is 0 Å². The van der Waals surface area contributed by atoms with E-state index in [2.05, 4.69) is 45.5 Å². The highest BCUT2D eigenvalue weighted by Crippen LogP contribution is 2.18. The van der Waals surface area contributed by atoms with Crippen LogP contribution >= 0.6 is 15.9 Å². The van der Waals surface area contributed by atoms with E-state index in [1.165, 1.54) is 36.0 Å². The molecule has 0 amide bonds. The predicted molar refractivity (Wildman–Crippen MR) is 58.8 cm³/mol. The summed E-state index contributed by atoms with van der Waals surface area (Å²) in [4.78, 5) is 0. The van der Waals surface area contributed by atoms with Crippen LogP contribution in [0.5, 0.6) is 0 Å². The molecule has 1 aromatic rings.